The zero-order valence-corrected chi connectivity index (χ0v) is 11.6. The van der Waals surface area contributed by atoms with Crippen LogP contribution in [0.4, 0.5) is 13.2 Å². The molecule has 2 aliphatic rings. The first-order valence-corrected chi connectivity index (χ1v) is 7.24. The molecule has 0 aromatic carbocycles. The van der Waals surface area contributed by atoms with Gasteiger partial charge in [-0.05, 0) is 12.8 Å². The maximum Gasteiger partial charge on any atom is 0.405 e. The molecule has 1 saturated carbocycles. The second-order valence-electron chi connectivity index (χ2n) is 5.64. The molecule has 1 aliphatic heterocycles. The minimum atomic E-state index is -4.34. The molecule has 0 radical (unpaired) electrons. The first kappa shape index (κ1) is 15.6. The Morgan fingerprint density at radius 1 is 1.10 bits per heavy atom. The Labute approximate surface area is 117 Å². The van der Waals surface area contributed by atoms with Crippen LogP contribution in [0.15, 0.2) is 0 Å². The molecule has 0 atom stereocenters. The third-order valence-electron chi connectivity index (χ3n) is 4.10. The molecule has 116 valence electrons. The second kappa shape index (κ2) is 6.76. The van der Waals surface area contributed by atoms with Crippen molar-refractivity contribution in [2.75, 3.05) is 39.3 Å². The SMILES string of the molecule is O=C(CN1CCN(C2CCCC2)CC1)NCC(F)(F)F. The number of alkyl halides is 3. The summed E-state index contributed by atoms with van der Waals surface area (Å²) in [7, 11) is 0. The smallest absolute Gasteiger partial charge is 0.346 e. The van der Waals surface area contributed by atoms with Gasteiger partial charge in [0, 0.05) is 32.2 Å². The van der Waals surface area contributed by atoms with Crippen LogP contribution in [0.25, 0.3) is 0 Å². The van der Waals surface area contributed by atoms with E-state index in [-0.39, 0.29) is 6.54 Å². The van der Waals surface area contributed by atoms with E-state index >= 15 is 0 Å². The van der Waals surface area contributed by atoms with Gasteiger partial charge in [0.25, 0.3) is 0 Å². The van der Waals surface area contributed by atoms with Gasteiger partial charge < -0.3 is 5.32 Å². The summed E-state index contributed by atoms with van der Waals surface area (Å²) in [4.78, 5) is 15.8. The van der Waals surface area contributed by atoms with Crippen molar-refractivity contribution in [3.8, 4) is 0 Å². The van der Waals surface area contributed by atoms with E-state index in [9.17, 15) is 18.0 Å². The lowest BCUT2D eigenvalue weighted by atomic mass is 10.2. The number of nitrogens with zero attached hydrogens (tertiary/aromatic N) is 2. The number of piperazine rings is 1. The Kier molecular flexibility index (Phi) is 5.26. The predicted molar refractivity (Wildman–Crippen MR) is 69.3 cm³/mol. The summed E-state index contributed by atoms with van der Waals surface area (Å²) in [6, 6.07) is 0.677. The lowest BCUT2D eigenvalue weighted by Gasteiger charge is -2.37. The molecule has 1 N–H and O–H groups in total. The molecule has 0 aromatic rings. The van der Waals surface area contributed by atoms with Gasteiger partial charge in [0.1, 0.15) is 6.54 Å². The Bertz CT molecular complexity index is 321. The molecular weight excluding hydrogens is 271 g/mol. The minimum Gasteiger partial charge on any atom is -0.346 e. The van der Waals surface area contributed by atoms with E-state index in [0.717, 1.165) is 26.2 Å². The van der Waals surface area contributed by atoms with E-state index in [0.29, 0.717) is 6.04 Å². The summed E-state index contributed by atoms with van der Waals surface area (Å²) in [5, 5.41) is 1.92. The number of carbonyl (C=O) groups excluding carboxylic acids is 1. The van der Waals surface area contributed by atoms with Gasteiger partial charge in [0.05, 0.1) is 6.54 Å². The average molecular weight is 293 g/mol. The van der Waals surface area contributed by atoms with Crippen LogP contribution < -0.4 is 5.32 Å². The van der Waals surface area contributed by atoms with Crippen molar-refractivity contribution in [1.29, 1.82) is 0 Å². The lowest BCUT2D eigenvalue weighted by Crippen LogP contribution is -2.52. The number of halogens is 3. The molecule has 0 spiro atoms. The van der Waals surface area contributed by atoms with E-state index in [1.54, 1.807) is 0 Å². The highest BCUT2D eigenvalue weighted by molar-refractivity contribution is 5.78. The van der Waals surface area contributed by atoms with E-state index in [4.69, 9.17) is 0 Å². The van der Waals surface area contributed by atoms with E-state index in [2.05, 4.69) is 4.90 Å². The molecule has 7 heteroatoms. The lowest BCUT2D eigenvalue weighted by molar-refractivity contribution is -0.139. The molecule has 1 amide bonds. The first-order chi connectivity index (χ1) is 9.44. The zero-order chi connectivity index (χ0) is 14.6. The van der Waals surface area contributed by atoms with Gasteiger partial charge in [-0.15, -0.1) is 0 Å². The zero-order valence-electron chi connectivity index (χ0n) is 11.6. The molecule has 1 aliphatic carbocycles. The topological polar surface area (TPSA) is 35.6 Å². The van der Waals surface area contributed by atoms with Crippen LogP contribution in [0.3, 0.4) is 0 Å². The normalized spacial score (nSPS) is 23.1. The molecule has 1 heterocycles. The number of carbonyl (C=O) groups is 1. The van der Waals surface area contributed by atoms with Crippen molar-refractivity contribution in [3.05, 3.63) is 0 Å². The molecular formula is C13H22F3N3O. The Hall–Kier alpha value is -0.820. The van der Waals surface area contributed by atoms with Crippen LogP contribution in [-0.2, 0) is 4.79 Å². The number of hydrogen-bond acceptors (Lipinski definition) is 3. The molecule has 2 fully saturated rings. The van der Waals surface area contributed by atoms with Crippen LogP contribution >= 0.6 is 0 Å². The third-order valence-corrected chi connectivity index (χ3v) is 4.10. The van der Waals surface area contributed by atoms with Gasteiger partial charge in [0.15, 0.2) is 0 Å². The third kappa shape index (κ3) is 4.94. The average Bonchev–Trinajstić information content (AvgIpc) is 2.90. The van der Waals surface area contributed by atoms with Gasteiger partial charge in [-0.25, -0.2) is 0 Å². The second-order valence-corrected chi connectivity index (χ2v) is 5.64. The number of nitrogens with one attached hydrogen (secondary N) is 1. The van der Waals surface area contributed by atoms with Gasteiger partial charge >= 0.3 is 6.18 Å². The molecule has 0 aromatic heterocycles. The van der Waals surface area contributed by atoms with E-state index in [1.807, 2.05) is 10.2 Å². The summed E-state index contributed by atoms with van der Waals surface area (Å²) in [6.45, 7) is 2.17. The Balaban J connectivity index is 1.65. The fourth-order valence-corrected chi connectivity index (χ4v) is 3.01. The van der Waals surface area contributed by atoms with Gasteiger partial charge in [0.2, 0.25) is 5.91 Å². The quantitative estimate of drug-likeness (QED) is 0.847. The predicted octanol–water partition coefficient (Wildman–Crippen LogP) is 1.23. The molecule has 4 nitrogen and oxygen atoms in total. The van der Waals surface area contributed by atoms with Crippen LogP contribution in [-0.4, -0.2) is 67.2 Å². The standard InChI is InChI=1S/C13H22F3N3O/c14-13(15,16)10-17-12(20)9-18-5-7-19(8-6-18)11-3-1-2-4-11/h11H,1-10H2,(H,17,20). The Morgan fingerprint density at radius 3 is 2.25 bits per heavy atom. The highest BCUT2D eigenvalue weighted by Gasteiger charge is 2.29. The summed E-state index contributed by atoms with van der Waals surface area (Å²) >= 11 is 0. The number of hydrogen-bond donors (Lipinski definition) is 1. The fraction of sp³-hybridized carbons (Fsp3) is 0.923. The number of rotatable bonds is 4. The van der Waals surface area contributed by atoms with Crippen molar-refractivity contribution >= 4 is 5.91 Å². The van der Waals surface area contributed by atoms with E-state index < -0.39 is 18.6 Å². The molecule has 2 rings (SSSR count). The van der Waals surface area contributed by atoms with Gasteiger partial charge in [-0.3, -0.25) is 14.6 Å². The van der Waals surface area contributed by atoms with Gasteiger partial charge in [-0.2, -0.15) is 13.2 Å². The summed E-state index contributed by atoms with van der Waals surface area (Å²) < 4.78 is 36.0. The molecule has 20 heavy (non-hydrogen) atoms. The highest BCUT2D eigenvalue weighted by Crippen LogP contribution is 2.24. The summed E-state index contributed by atoms with van der Waals surface area (Å²) in [5.74, 6) is -0.545. The van der Waals surface area contributed by atoms with Crippen molar-refractivity contribution in [2.24, 2.45) is 0 Å². The highest BCUT2D eigenvalue weighted by atomic mass is 19.4. The van der Waals surface area contributed by atoms with Gasteiger partial charge in [-0.1, -0.05) is 12.8 Å². The van der Waals surface area contributed by atoms with E-state index in [1.165, 1.54) is 25.7 Å². The molecule has 0 unspecified atom stereocenters. The first-order valence-electron chi connectivity index (χ1n) is 7.24. The van der Waals surface area contributed by atoms with Crippen LogP contribution in [0.5, 0.6) is 0 Å². The fourth-order valence-electron chi connectivity index (χ4n) is 3.01. The summed E-state index contributed by atoms with van der Waals surface area (Å²) in [5.41, 5.74) is 0. The van der Waals surface area contributed by atoms with Crippen LogP contribution in [0, 0.1) is 0 Å². The van der Waals surface area contributed by atoms with Crippen LogP contribution in [0.2, 0.25) is 0 Å². The summed E-state index contributed by atoms with van der Waals surface area (Å²) in [6.07, 6.45) is 0.768. The van der Waals surface area contributed by atoms with Crippen molar-refractivity contribution in [2.45, 2.75) is 37.9 Å². The van der Waals surface area contributed by atoms with Crippen LogP contribution in [0.1, 0.15) is 25.7 Å². The van der Waals surface area contributed by atoms with Crippen molar-refractivity contribution < 1.29 is 18.0 Å². The van der Waals surface area contributed by atoms with Crippen molar-refractivity contribution in [1.82, 2.24) is 15.1 Å². The monoisotopic (exact) mass is 293 g/mol. The minimum absolute atomic E-state index is 0.0641. The maximum absolute atomic E-state index is 12.0. The maximum atomic E-state index is 12.0. The number of amides is 1. The Morgan fingerprint density at radius 2 is 1.70 bits per heavy atom. The molecule has 0 bridgehead atoms. The van der Waals surface area contributed by atoms with Crippen molar-refractivity contribution in [3.63, 3.8) is 0 Å². The molecule has 1 saturated heterocycles. The largest absolute Gasteiger partial charge is 0.405 e.